The first kappa shape index (κ1) is 33.7. The van der Waals surface area contributed by atoms with E-state index in [1.54, 1.807) is 6.07 Å². The number of hydrogen-bond acceptors (Lipinski definition) is 0. The molecule has 0 N–H and O–H groups in total. The molecule has 206 valence electrons. The van der Waals surface area contributed by atoms with Crippen molar-refractivity contribution in [3.63, 3.8) is 0 Å². The average Bonchev–Trinajstić information content (AvgIpc) is 2.96. The van der Waals surface area contributed by atoms with Crippen LogP contribution in [0.25, 0.3) is 21.9 Å². The molecule has 3 aromatic rings. The van der Waals surface area contributed by atoms with Crippen molar-refractivity contribution in [2.75, 3.05) is 0 Å². The van der Waals surface area contributed by atoms with Crippen LogP contribution in [-0.2, 0) is 0 Å². The smallest absolute Gasteiger partial charge is 0.130 e. The standard InChI is InChI=1S/C24H27FP2.2C4H10.C2H6/c1-2-15-3-5-16(6-4-15)17-7-10-20-18(13-17)8-11-21(24(20)27)19-9-12-22(25)23(26)14-19;2*1-3-4-2;1-2/h7-16H,2-6,26-27H2,1H3;2*3-4H2,1-2H3;1-2H3. The predicted octanol–water partition coefficient (Wildman–Crippen LogP) is 11.0. The van der Waals surface area contributed by atoms with E-state index in [1.807, 2.05) is 26.0 Å². The summed E-state index contributed by atoms with van der Waals surface area (Å²) < 4.78 is 13.6. The number of rotatable bonds is 5. The molecule has 0 radical (unpaired) electrons. The van der Waals surface area contributed by atoms with Crippen molar-refractivity contribution in [2.24, 2.45) is 5.92 Å². The second-order valence-corrected chi connectivity index (χ2v) is 11.1. The van der Waals surface area contributed by atoms with Crippen LogP contribution >= 0.6 is 18.5 Å². The molecule has 1 aliphatic rings. The van der Waals surface area contributed by atoms with E-state index in [1.165, 1.54) is 79.4 Å². The van der Waals surface area contributed by atoms with E-state index in [0.29, 0.717) is 11.2 Å². The maximum Gasteiger partial charge on any atom is 0.130 e. The van der Waals surface area contributed by atoms with E-state index in [9.17, 15) is 4.39 Å². The van der Waals surface area contributed by atoms with Gasteiger partial charge in [0.2, 0.25) is 0 Å². The van der Waals surface area contributed by atoms with Gasteiger partial charge in [-0.2, -0.15) is 0 Å². The van der Waals surface area contributed by atoms with Crippen LogP contribution in [0.2, 0.25) is 0 Å². The van der Waals surface area contributed by atoms with Gasteiger partial charge in [0.05, 0.1) is 0 Å². The summed E-state index contributed by atoms with van der Waals surface area (Å²) in [5.74, 6) is 1.46. The minimum absolute atomic E-state index is 0.183. The van der Waals surface area contributed by atoms with Crippen LogP contribution < -0.4 is 10.6 Å². The number of halogens is 1. The zero-order valence-corrected chi connectivity index (χ0v) is 27.0. The highest BCUT2D eigenvalue weighted by atomic mass is 31.0. The Hall–Kier alpha value is -1.29. The Kier molecular flexibility index (Phi) is 17.2. The number of fused-ring (bicyclic) bond motifs is 1. The Labute approximate surface area is 233 Å². The third-order valence-corrected chi connectivity index (χ3v) is 8.35. The summed E-state index contributed by atoms with van der Waals surface area (Å²) in [7, 11) is 5.38. The van der Waals surface area contributed by atoms with E-state index < -0.39 is 0 Å². The Morgan fingerprint density at radius 3 is 1.84 bits per heavy atom. The minimum atomic E-state index is -0.183. The maximum atomic E-state index is 13.6. The van der Waals surface area contributed by atoms with Gasteiger partial charge in [0.1, 0.15) is 5.82 Å². The molecule has 1 saturated carbocycles. The van der Waals surface area contributed by atoms with Crippen molar-refractivity contribution in [1.29, 1.82) is 0 Å². The third kappa shape index (κ3) is 10.4. The van der Waals surface area contributed by atoms with Crippen molar-refractivity contribution in [2.45, 2.75) is 112 Å². The Morgan fingerprint density at radius 1 is 0.730 bits per heavy atom. The van der Waals surface area contributed by atoms with Gasteiger partial charge in [0.15, 0.2) is 0 Å². The van der Waals surface area contributed by atoms with Crippen molar-refractivity contribution < 1.29 is 4.39 Å². The molecule has 0 amide bonds. The summed E-state index contributed by atoms with van der Waals surface area (Å²) in [6.07, 6.45) is 12.0. The molecule has 0 spiro atoms. The van der Waals surface area contributed by atoms with Crippen LogP contribution in [0.15, 0.2) is 48.5 Å². The van der Waals surface area contributed by atoms with E-state index in [4.69, 9.17) is 0 Å². The van der Waals surface area contributed by atoms with E-state index in [-0.39, 0.29) is 5.82 Å². The fourth-order valence-electron chi connectivity index (χ4n) is 4.49. The molecule has 37 heavy (non-hydrogen) atoms. The number of hydrogen-bond donors (Lipinski definition) is 0. The average molecular weight is 543 g/mol. The van der Waals surface area contributed by atoms with Crippen molar-refractivity contribution >= 4 is 39.9 Å². The Morgan fingerprint density at radius 2 is 1.32 bits per heavy atom. The van der Waals surface area contributed by atoms with Gasteiger partial charge in [-0.25, -0.2) is 4.39 Å². The van der Waals surface area contributed by atoms with Crippen LogP contribution in [-0.4, -0.2) is 0 Å². The summed E-state index contributed by atoms with van der Waals surface area (Å²) in [4.78, 5) is 0. The van der Waals surface area contributed by atoms with Gasteiger partial charge < -0.3 is 0 Å². The molecule has 0 bridgehead atoms. The largest absolute Gasteiger partial charge is 0.206 e. The molecule has 0 aliphatic heterocycles. The summed E-state index contributed by atoms with van der Waals surface area (Å²) in [5, 5.41) is 4.35. The van der Waals surface area contributed by atoms with E-state index in [2.05, 4.69) is 83.4 Å². The lowest BCUT2D eigenvalue weighted by atomic mass is 9.77. The second kappa shape index (κ2) is 18.9. The normalized spacial score (nSPS) is 16.5. The maximum absolute atomic E-state index is 13.6. The van der Waals surface area contributed by atoms with Crippen molar-refractivity contribution in [1.82, 2.24) is 0 Å². The molecule has 0 nitrogen and oxygen atoms in total. The lowest BCUT2D eigenvalue weighted by Crippen LogP contribution is -2.12. The van der Waals surface area contributed by atoms with Crippen LogP contribution in [0.1, 0.15) is 118 Å². The summed E-state index contributed by atoms with van der Waals surface area (Å²) in [6, 6.07) is 16.7. The van der Waals surface area contributed by atoms with Crippen LogP contribution in [0, 0.1) is 11.7 Å². The topological polar surface area (TPSA) is 0 Å². The van der Waals surface area contributed by atoms with Gasteiger partial charge in [-0.05, 0) is 82.4 Å². The van der Waals surface area contributed by atoms with Crippen LogP contribution in [0.5, 0.6) is 0 Å². The van der Waals surface area contributed by atoms with Crippen LogP contribution in [0.4, 0.5) is 4.39 Å². The van der Waals surface area contributed by atoms with Gasteiger partial charge in [-0.15, -0.1) is 18.5 Å². The zero-order chi connectivity index (χ0) is 27.8. The molecular formula is C34H53FP2. The van der Waals surface area contributed by atoms with Crippen LogP contribution in [0.3, 0.4) is 0 Å². The second-order valence-electron chi connectivity index (χ2n) is 9.87. The van der Waals surface area contributed by atoms with Crippen molar-refractivity contribution in [3.05, 3.63) is 59.9 Å². The van der Waals surface area contributed by atoms with E-state index in [0.717, 1.165) is 17.0 Å². The molecule has 3 aromatic carbocycles. The highest BCUT2D eigenvalue weighted by Crippen LogP contribution is 2.38. The molecule has 2 atom stereocenters. The SMILES string of the molecule is CC.CCC1CCC(c2ccc3c(P)c(-c4ccc(F)c(P)c4)ccc3c2)CC1.CCCC.CCCC. The first-order valence-corrected chi connectivity index (χ1v) is 15.9. The lowest BCUT2D eigenvalue weighted by Gasteiger charge is -2.28. The van der Waals surface area contributed by atoms with E-state index >= 15 is 0 Å². The molecule has 0 heterocycles. The first-order valence-electron chi connectivity index (χ1n) is 14.8. The molecule has 1 aliphatic carbocycles. The summed E-state index contributed by atoms with van der Waals surface area (Å²) in [6.45, 7) is 15.0. The molecule has 4 rings (SSSR count). The highest BCUT2D eigenvalue weighted by Gasteiger charge is 2.21. The lowest BCUT2D eigenvalue weighted by molar-refractivity contribution is 0.319. The fourth-order valence-corrected chi connectivity index (χ4v) is 5.29. The monoisotopic (exact) mass is 542 g/mol. The number of unbranched alkanes of at least 4 members (excludes halogenated alkanes) is 2. The van der Waals surface area contributed by atoms with Gasteiger partial charge in [0, 0.05) is 5.30 Å². The Balaban J connectivity index is 0.000000594. The highest BCUT2D eigenvalue weighted by molar-refractivity contribution is 7.29. The van der Waals surface area contributed by atoms with Crippen molar-refractivity contribution in [3.8, 4) is 11.1 Å². The molecular weight excluding hydrogens is 489 g/mol. The predicted molar refractivity (Wildman–Crippen MR) is 176 cm³/mol. The molecule has 2 unspecified atom stereocenters. The third-order valence-electron chi connectivity index (χ3n) is 7.29. The number of benzene rings is 3. The molecule has 3 heteroatoms. The van der Waals surface area contributed by atoms with Gasteiger partial charge in [0.25, 0.3) is 0 Å². The minimum Gasteiger partial charge on any atom is -0.206 e. The molecule has 1 fully saturated rings. The quantitative estimate of drug-likeness (QED) is 0.281. The first-order chi connectivity index (χ1) is 17.9. The molecule has 0 aromatic heterocycles. The fraction of sp³-hybridized carbons (Fsp3) is 0.529. The Bertz CT molecular complexity index is 1030. The molecule has 0 saturated heterocycles. The van der Waals surface area contributed by atoms with Gasteiger partial charge in [-0.1, -0.05) is 117 Å². The zero-order valence-electron chi connectivity index (χ0n) is 24.7. The summed E-state index contributed by atoms with van der Waals surface area (Å²) in [5.41, 5.74) is 3.69. The van der Waals surface area contributed by atoms with Gasteiger partial charge >= 0.3 is 0 Å². The summed E-state index contributed by atoms with van der Waals surface area (Å²) >= 11 is 0. The van der Waals surface area contributed by atoms with Gasteiger partial charge in [-0.3, -0.25) is 0 Å².